The van der Waals surface area contributed by atoms with E-state index in [9.17, 15) is 9.59 Å². The molecular weight excluding hydrogens is 286 g/mol. The second-order valence-corrected chi connectivity index (χ2v) is 5.62. The van der Waals surface area contributed by atoms with Crippen LogP contribution in [0.4, 0.5) is 10.7 Å². The molecule has 1 aromatic rings. The summed E-state index contributed by atoms with van der Waals surface area (Å²) in [5.41, 5.74) is 5.41. The fourth-order valence-corrected chi connectivity index (χ4v) is 2.49. The first-order valence-corrected chi connectivity index (χ1v) is 7.38. The lowest BCUT2D eigenvalue weighted by atomic mass is 9.96. The number of aromatic nitrogens is 3. The molecule has 2 heterocycles. The Balaban J connectivity index is 1.70. The zero-order valence-electron chi connectivity index (χ0n) is 13.0. The number of aromatic amines is 1. The van der Waals surface area contributed by atoms with Crippen molar-refractivity contribution in [3.8, 4) is 0 Å². The maximum Gasteiger partial charge on any atom is 0.319 e. The van der Waals surface area contributed by atoms with Crippen molar-refractivity contribution in [1.82, 2.24) is 30.3 Å². The first-order chi connectivity index (χ1) is 10.5. The quantitative estimate of drug-likeness (QED) is 0.688. The summed E-state index contributed by atoms with van der Waals surface area (Å²) in [6.45, 7) is 1.73. The molecule has 0 aromatic carbocycles. The molecule has 1 aliphatic rings. The molecule has 1 fully saturated rings. The predicted octanol–water partition coefficient (Wildman–Crippen LogP) is -0.561. The summed E-state index contributed by atoms with van der Waals surface area (Å²) in [7, 11) is 3.47. The van der Waals surface area contributed by atoms with E-state index in [0.29, 0.717) is 44.7 Å². The van der Waals surface area contributed by atoms with Crippen molar-refractivity contribution in [2.45, 2.75) is 19.3 Å². The van der Waals surface area contributed by atoms with E-state index in [2.05, 4.69) is 20.5 Å². The highest BCUT2D eigenvalue weighted by Crippen LogP contribution is 2.18. The van der Waals surface area contributed by atoms with Crippen LogP contribution in [0, 0.1) is 5.92 Å². The van der Waals surface area contributed by atoms with Gasteiger partial charge in [0.1, 0.15) is 5.82 Å². The molecule has 4 N–H and O–H groups in total. The van der Waals surface area contributed by atoms with Gasteiger partial charge in [0.15, 0.2) is 0 Å². The molecule has 3 amide bonds. The Hall–Kier alpha value is -2.32. The minimum atomic E-state index is -0.0361. The minimum Gasteiger partial charge on any atom is -0.367 e. The summed E-state index contributed by atoms with van der Waals surface area (Å²) in [6.07, 6.45) is 1.95. The lowest BCUT2D eigenvalue weighted by Gasteiger charge is -2.33. The SMILES string of the molecule is CN(C)C(=O)N1CCC(C(=O)NCCc2nc(N)n[nH]2)CC1. The Kier molecular flexibility index (Phi) is 5.18. The molecule has 9 heteroatoms. The van der Waals surface area contributed by atoms with Gasteiger partial charge < -0.3 is 20.9 Å². The molecule has 0 bridgehead atoms. The lowest BCUT2D eigenvalue weighted by Crippen LogP contribution is -2.46. The van der Waals surface area contributed by atoms with Crippen molar-refractivity contribution >= 4 is 17.9 Å². The Morgan fingerprint density at radius 1 is 1.41 bits per heavy atom. The van der Waals surface area contributed by atoms with Crippen LogP contribution >= 0.6 is 0 Å². The second kappa shape index (κ2) is 7.10. The molecule has 0 radical (unpaired) electrons. The smallest absolute Gasteiger partial charge is 0.319 e. The van der Waals surface area contributed by atoms with Gasteiger partial charge in [-0.3, -0.25) is 9.89 Å². The van der Waals surface area contributed by atoms with Crippen LogP contribution in [0.25, 0.3) is 0 Å². The number of nitrogens with two attached hydrogens (primary N) is 1. The van der Waals surface area contributed by atoms with Gasteiger partial charge in [-0.2, -0.15) is 4.98 Å². The lowest BCUT2D eigenvalue weighted by molar-refractivity contribution is -0.126. The summed E-state index contributed by atoms with van der Waals surface area (Å²) in [4.78, 5) is 31.3. The molecule has 2 rings (SSSR count). The topological polar surface area (TPSA) is 120 Å². The van der Waals surface area contributed by atoms with Crippen LogP contribution in [0.1, 0.15) is 18.7 Å². The third-order valence-electron chi connectivity index (χ3n) is 3.73. The van der Waals surface area contributed by atoms with Gasteiger partial charge in [-0.05, 0) is 12.8 Å². The van der Waals surface area contributed by atoms with Crippen LogP contribution < -0.4 is 11.1 Å². The van der Waals surface area contributed by atoms with E-state index in [1.54, 1.807) is 23.9 Å². The van der Waals surface area contributed by atoms with Crippen LogP contribution in [-0.4, -0.2) is 70.6 Å². The van der Waals surface area contributed by atoms with Gasteiger partial charge in [0.05, 0.1) is 0 Å². The number of anilines is 1. The number of nitrogens with zero attached hydrogens (tertiary/aromatic N) is 4. The fourth-order valence-electron chi connectivity index (χ4n) is 2.49. The van der Waals surface area contributed by atoms with E-state index >= 15 is 0 Å². The number of urea groups is 1. The van der Waals surface area contributed by atoms with Crippen molar-refractivity contribution in [1.29, 1.82) is 0 Å². The van der Waals surface area contributed by atoms with Crippen molar-refractivity contribution in [3.05, 3.63) is 5.82 Å². The molecule has 0 atom stereocenters. The van der Waals surface area contributed by atoms with E-state index in [0.717, 1.165) is 0 Å². The summed E-state index contributed by atoms with van der Waals surface area (Å²) < 4.78 is 0. The van der Waals surface area contributed by atoms with Crippen LogP contribution in [0.2, 0.25) is 0 Å². The number of piperidine rings is 1. The molecule has 1 aromatic heterocycles. The molecule has 122 valence electrons. The van der Waals surface area contributed by atoms with Crippen LogP contribution in [0.15, 0.2) is 0 Å². The van der Waals surface area contributed by atoms with Crippen molar-refractivity contribution in [3.63, 3.8) is 0 Å². The van der Waals surface area contributed by atoms with Gasteiger partial charge >= 0.3 is 6.03 Å². The first-order valence-electron chi connectivity index (χ1n) is 7.38. The number of nitrogen functional groups attached to an aromatic ring is 1. The summed E-state index contributed by atoms with van der Waals surface area (Å²) >= 11 is 0. The number of carbonyl (C=O) groups excluding carboxylic acids is 2. The standard InChI is InChI=1S/C13H23N7O2/c1-19(2)13(22)20-7-4-9(5-8-20)11(21)15-6-3-10-16-12(14)18-17-10/h9H,3-8H2,1-2H3,(H,15,21)(H3,14,16,17,18). The molecular formula is C13H23N7O2. The van der Waals surface area contributed by atoms with Crippen molar-refractivity contribution in [2.75, 3.05) is 39.5 Å². The fraction of sp³-hybridized carbons (Fsp3) is 0.692. The third kappa shape index (κ3) is 4.09. The largest absolute Gasteiger partial charge is 0.367 e. The van der Waals surface area contributed by atoms with Gasteiger partial charge in [-0.1, -0.05) is 0 Å². The second-order valence-electron chi connectivity index (χ2n) is 5.62. The monoisotopic (exact) mass is 309 g/mol. The third-order valence-corrected chi connectivity index (χ3v) is 3.73. The van der Waals surface area contributed by atoms with E-state index in [1.165, 1.54) is 0 Å². The first kappa shape index (κ1) is 16.1. The number of hydrogen-bond acceptors (Lipinski definition) is 5. The van der Waals surface area contributed by atoms with Gasteiger partial charge in [-0.25, -0.2) is 4.79 Å². The maximum atomic E-state index is 12.1. The summed E-state index contributed by atoms with van der Waals surface area (Å²) in [5, 5.41) is 9.33. The highest BCUT2D eigenvalue weighted by molar-refractivity contribution is 5.79. The number of H-pyrrole nitrogens is 1. The van der Waals surface area contributed by atoms with E-state index in [4.69, 9.17) is 5.73 Å². The molecule has 1 saturated heterocycles. The average Bonchev–Trinajstić information content (AvgIpc) is 2.92. The van der Waals surface area contributed by atoms with Gasteiger partial charge in [0, 0.05) is 46.1 Å². The Morgan fingerprint density at radius 2 is 2.09 bits per heavy atom. The van der Waals surface area contributed by atoms with E-state index in [1.807, 2.05) is 0 Å². The average molecular weight is 309 g/mol. The van der Waals surface area contributed by atoms with E-state index < -0.39 is 0 Å². The number of carbonyl (C=O) groups is 2. The molecule has 1 aliphatic heterocycles. The predicted molar refractivity (Wildman–Crippen MR) is 80.9 cm³/mol. The van der Waals surface area contributed by atoms with Crippen LogP contribution in [0.5, 0.6) is 0 Å². The number of amides is 3. The van der Waals surface area contributed by atoms with Gasteiger partial charge in [0.25, 0.3) is 0 Å². The molecule has 0 saturated carbocycles. The van der Waals surface area contributed by atoms with Crippen molar-refractivity contribution < 1.29 is 9.59 Å². The van der Waals surface area contributed by atoms with Crippen molar-refractivity contribution in [2.24, 2.45) is 5.92 Å². The Bertz CT molecular complexity index is 520. The van der Waals surface area contributed by atoms with Gasteiger partial charge in [0.2, 0.25) is 11.9 Å². The van der Waals surface area contributed by atoms with Crippen LogP contribution in [0.3, 0.4) is 0 Å². The van der Waals surface area contributed by atoms with E-state index in [-0.39, 0.29) is 23.8 Å². The zero-order chi connectivity index (χ0) is 16.1. The molecule has 0 aliphatic carbocycles. The minimum absolute atomic E-state index is 0.00164. The number of rotatable bonds is 4. The Labute approximate surface area is 129 Å². The maximum absolute atomic E-state index is 12.1. The Morgan fingerprint density at radius 3 is 2.64 bits per heavy atom. The number of likely N-dealkylation sites (tertiary alicyclic amines) is 1. The normalized spacial score (nSPS) is 15.6. The molecule has 22 heavy (non-hydrogen) atoms. The summed E-state index contributed by atoms with van der Waals surface area (Å²) in [5.74, 6) is 0.860. The highest BCUT2D eigenvalue weighted by atomic mass is 16.2. The zero-order valence-corrected chi connectivity index (χ0v) is 13.0. The highest BCUT2D eigenvalue weighted by Gasteiger charge is 2.27. The molecule has 9 nitrogen and oxygen atoms in total. The molecule has 0 unspecified atom stereocenters. The summed E-state index contributed by atoms with van der Waals surface area (Å²) in [6, 6.07) is 0.00164. The van der Waals surface area contributed by atoms with Gasteiger partial charge in [-0.15, -0.1) is 5.10 Å². The number of nitrogens with one attached hydrogen (secondary N) is 2. The molecule has 0 spiro atoms. The van der Waals surface area contributed by atoms with Crippen LogP contribution in [-0.2, 0) is 11.2 Å². The number of hydrogen-bond donors (Lipinski definition) is 3.